The van der Waals surface area contributed by atoms with Crippen LogP contribution in [-0.4, -0.2) is 43.6 Å². The average Bonchev–Trinajstić information content (AvgIpc) is 3.89. The molecule has 0 unspecified atom stereocenters. The van der Waals surface area contributed by atoms with E-state index in [0.717, 1.165) is 36.8 Å². The lowest BCUT2D eigenvalue weighted by atomic mass is 9.81. The lowest BCUT2D eigenvalue weighted by molar-refractivity contribution is -0.438. The van der Waals surface area contributed by atoms with E-state index in [2.05, 4.69) is 152 Å². The van der Waals surface area contributed by atoms with E-state index in [1.807, 2.05) is 22.9 Å². The largest absolute Gasteiger partial charge is 0.344 e. The van der Waals surface area contributed by atoms with Crippen molar-refractivity contribution in [2.24, 2.45) is 0 Å². The van der Waals surface area contributed by atoms with Crippen molar-refractivity contribution >= 4 is 28.8 Å². The summed E-state index contributed by atoms with van der Waals surface area (Å²) in [6, 6.07) is 28.2. The van der Waals surface area contributed by atoms with Crippen molar-refractivity contribution in [3.8, 4) is 5.69 Å². The molecule has 3 aliphatic rings. The molecule has 0 saturated carbocycles. The van der Waals surface area contributed by atoms with Crippen molar-refractivity contribution in [2.45, 2.75) is 109 Å². The maximum Gasteiger partial charge on any atom is 0.218 e. The van der Waals surface area contributed by atoms with Gasteiger partial charge in [-0.15, -0.1) is 5.10 Å². The Morgan fingerprint density at radius 2 is 1.47 bits per heavy atom. The van der Waals surface area contributed by atoms with Gasteiger partial charge in [-0.3, -0.25) is 0 Å². The number of anilines is 1. The standard InChI is InChI=1S/C46H55N6S/c1-7-9-18-32-50-39-24-16-14-22-37(39)45(3,4)41(50)30-28-34-26-27-35(43(34)53-44-47-48-49-52(44)36-20-12-11-13-21-36)29-31-42-46(5,6)38-23-15-17-25-40(38)51(42)33-19-10-8-2/h11-17,20-25,28-31H,7-10,18-19,26-27,32-33H2,1-6H3/q+1. The van der Waals surface area contributed by atoms with E-state index in [0.29, 0.717) is 0 Å². The molecule has 3 aromatic carbocycles. The minimum absolute atomic E-state index is 0.0867. The van der Waals surface area contributed by atoms with Gasteiger partial charge in [-0.2, -0.15) is 9.26 Å². The van der Waals surface area contributed by atoms with Crippen molar-refractivity contribution in [2.75, 3.05) is 18.0 Å². The molecule has 0 saturated heterocycles. The normalized spacial score (nSPS) is 19.0. The topological polar surface area (TPSA) is 49.9 Å². The highest BCUT2D eigenvalue weighted by atomic mass is 32.2. The fourth-order valence-corrected chi connectivity index (χ4v) is 9.47. The van der Waals surface area contributed by atoms with Gasteiger partial charge in [0.2, 0.25) is 10.8 Å². The molecule has 0 fully saturated rings. The van der Waals surface area contributed by atoms with E-state index in [9.17, 15) is 0 Å². The number of benzene rings is 3. The zero-order valence-corrected chi connectivity index (χ0v) is 33.3. The zero-order valence-electron chi connectivity index (χ0n) is 32.5. The number of hydrogen-bond acceptors (Lipinski definition) is 5. The summed E-state index contributed by atoms with van der Waals surface area (Å²) in [5, 5.41) is 13.9. The van der Waals surface area contributed by atoms with Crippen LogP contribution in [0, 0.1) is 0 Å². The molecule has 0 spiro atoms. The molecule has 1 aliphatic carbocycles. The Bertz CT molecular complexity index is 2090. The Labute approximate surface area is 321 Å². The van der Waals surface area contributed by atoms with Crippen LogP contribution in [0.5, 0.6) is 0 Å². The van der Waals surface area contributed by atoms with Crippen LogP contribution < -0.4 is 4.90 Å². The molecule has 274 valence electrons. The summed E-state index contributed by atoms with van der Waals surface area (Å²) in [6.07, 6.45) is 18.8. The second kappa shape index (κ2) is 15.9. The third-order valence-corrected chi connectivity index (χ3v) is 12.5. The van der Waals surface area contributed by atoms with Crippen LogP contribution in [0.15, 0.2) is 130 Å². The number of thioether (sulfide) groups is 1. The maximum atomic E-state index is 4.55. The average molecular weight is 724 g/mol. The van der Waals surface area contributed by atoms with Gasteiger partial charge in [-0.05, 0) is 103 Å². The number of unbranched alkanes of at least 4 members (excludes halogenated alkanes) is 4. The molecule has 3 heterocycles. The molecular weight excluding hydrogens is 669 g/mol. The lowest BCUT2D eigenvalue weighted by Crippen LogP contribution is -2.28. The van der Waals surface area contributed by atoms with Crippen LogP contribution in [0.3, 0.4) is 0 Å². The summed E-state index contributed by atoms with van der Waals surface area (Å²) < 4.78 is 4.44. The van der Waals surface area contributed by atoms with Crippen LogP contribution in [0.1, 0.15) is 104 Å². The summed E-state index contributed by atoms with van der Waals surface area (Å²) in [7, 11) is 0. The van der Waals surface area contributed by atoms with Crippen LogP contribution in [-0.2, 0) is 10.8 Å². The van der Waals surface area contributed by atoms with Crippen molar-refractivity contribution in [1.82, 2.24) is 20.2 Å². The highest BCUT2D eigenvalue weighted by molar-refractivity contribution is 8.03. The number of rotatable bonds is 14. The van der Waals surface area contributed by atoms with Gasteiger partial charge in [0, 0.05) is 52.4 Å². The summed E-state index contributed by atoms with van der Waals surface area (Å²) in [5.74, 6) is 0. The van der Waals surface area contributed by atoms with E-state index in [1.165, 1.54) is 88.5 Å². The van der Waals surface area contributed by atoms with E-state index in [-0.39, 0.29) is 10.8 Å². The Hall–Kier alpha value is -4.49. The van der Waals surface area contributed by atoms with Gasteiger partial charge in [0.1, 0.15) is 6.54 Å². The quantitative estimate of drug-likeness (QED) is 0.0957. The maximum absolute atomic E-state index is 4.55. The van der Waals surface area contributed by atoms with E-state index >= 15 is 0 Å². The van der Waals surface area contributed by atoms with E-state index in [4.69, 9.17) is 0 Å². The molecule has 0 N–H and O–H groups in total. The lowest BCUT2D eigenvalue weighted by Gasteiger charge is -2.27. The number of allylic oxidation sites excluding steroid dienone is 7. The molecule has 0 amide bonds. The van der Waals surface area contributed by atoms with Crippen molar-refractivity contribution in [1.29, 1.82) is 0 Å². The molecule has 0 bridgehead atoms. The molecule has 0 atom stereocenters. The second-order valence-corrected chi connectivity index (χ2v) is 16.6. The first-order chi connectivity index (χ1) is 25.8. The molecule has 2 aliphatic heterocycles. The predicted octanol–water partition coefficient (Wildman–Crippen LogP) is 11.4. The third-order valence-electron chi connectivity index (χ3n) is 11.3. The van der Waals surface area contributed by atoms with Crippen molar-refractivity contribution < 1.29 is 4.58 Å². The first-order valence-electron chi connectivity index (χ1n) is 19.7. The Morgan fingerprint density at radius 3 is 2.26 bits per heavy atom. The monoisotopic (exact) mass is 723 g/mol. The second-order valence-electron chi connectivity index (χ2n) is 15.6. The van der Waals surface area contributed by atoms with Gasteiger partial charge < -0.3 is 4.90 Å². The fraction of sp³-hybridized carbons (Fsp3) is 0.391. The molecular formula is C46H55N6S+. The van der Waals surface area contributed by atoms with Crippen molar-refractivity contribution in [3.63, 3.8) is 0 Å². The van der Waals surface area contributed by atoms with Gasteiger partial charge in [0.15, 0.2) is 5.71 Å². The molecule has 6 nitrogen and oxygen atoms in total. The number of tetrazole rings is 1. The number of para-hydroxylation sites is 3. The number of fused-ring (bicyclic) bond motifs is 2. The van der Waals surface area contributed by atoms with Gasteiger partial charge in [-0.25, -0.2) is 0 Å². The molecule has 53 heavy (non-hydrogen) atoms. The van der Waals surface area contributed by atoms with E-state index < -0.39 is 0 Å². The summed E-state index contributed by atoms with van der Waals surface area (Å²) >= 11 is 1.69. The summed E-state index contributed by atoms with van der Waals surface area (Å²) in [5.41, 5.74) is 11.7. The molecule has 1 aromatic heterocycles. The zero-order chi connectivity index (χ0) is 37.0. The Kier molecular flexibility index (Phi) is 11.0. The Balaban J connectivity index is 1.31. The van der Waals surface area contributed by atoms with Gasteiger partial charge in [-0.1, -0.05) is 114 Å². The van der Waals surface area contributed by atoms with Crippen LogP contribution >= 0.6 is 11.8 Å². The van der Waals surface area contributed by atoms with Crippen molar-refractivity contribution in [3.05, 3.63) is 136 Å². The molecule has 0 radical (unpaired) electrons. The van der Waals surface area contributed by atoms with Gasteiger partial charge in [0.25, 0.3) is 0 Å². The molecule has 7 heteroatoms. The predicted molar refractivity (Wildman–Crippen MR) is 222 cm³/mol. The number of aromatic nitrogens is 4. The number of hydrogen-bond donors (Lipinski definition) is 0. The van der Waals surface area contributed by atoms with Crippen LogP contribution in [0.25, 0.3) is 5.69 Å². The van der Waals surface area contributed by atoms with Crippen LogP contribution in [0.2, 0.25) is 0 Å². The van der Waals surface area contributed by atoms with Crippen LogP contribution in [0.4, 0.5) is 11.4 Å². The van der Waals surface area contributed by atoms with Gasteiger partial charge >= 0.3 is 0 Å². The first-order valence-corrected chi connectivity index (χ1v) is 20.5. The molecule has 7 rings (SSSR count). The molecule has 4 aromatic rings. The smallest absolute Gasteiger partial charge is 0.218 e. The third kappa shape index (κ3) is 7.25. The van der Waals surface area contributed by atoms with Gasteiger partial charge in [0.05, 0.1) is 11.1 Å². The number of nitrogens with zero attached hydrogens (tertiary/aromatic N) is 6. The first kappa shape index (κ1) is 36.9. The highest BCUT2D eigenvalue weighted by Gasteiger charge is 2.44. The highest BCUT2D eigenvalue weighted by Crippen LogP contribution is 2.49. The van der Waals surface area contributed by atoms with E-state index in [1.54, 1.807) is 11.8 Å². The minimum atomic E-state index is -0.0867. The fourth-order valence-electron chi connectivity index (χ4n) is 8.38. The Morgan fingerprint density at radius 1 is 0.755 bits per heavy atom. The summed E-state index contributed by atoms with van der Waals surface area (Å²) in [4.78, 5) is 3.83. The SMILES string of the molecule is CCCCCN1/C(=C/C=C2\CCC(/C=C/C3=[N+](CCCCC)c4ccccc4C3(C)C)=C2Sc2nnnn2-c2ccccc2)C(C)(C)c2ccccc21. The summed E-state index contributed by atoms with van der Waals surface area (Å²) in [6.45, 7) is 16.1. The minimum Gasteiger partial charge on any atom is -0.344 e.